The number of nitrogens with zero attached hydrogens (tertiary/aromatic N) is 1. The van der Waals surface area contributed by atoms with Gasteiger partial charge >= 0.3 is 5.97 Å². The first-order valence-electron chi connectivity index (χ1n) is 12.1. The Labute approximate surface area is 197 Å². The fourth-order valence-electron chi connectivity index (χ4n) is 6.75. The van der Waals surface area contributed by atoms with Crippen LogP contribution in [-0.4, -0.2) is 63.5 Å². The van der Waals surface area contributed by atoms with Gasteiger partial charge in [0, 0.05) is 31.4 Å². The summed E-state index contributed by atoms with van der Waals surface area (Å²) in [6.45, 7) is 9.01. The molecule has 0 bridgehead atoms. The van der Waals surface area contributed by atoms with Crippen LogP contribution in [0, 0.1) is 11.8 Å². The summed E-state index contributed by atoms with van der Waals surface area (Å²) in [5.41, 5.74) is 1.91. The number of carbonyl (C=O) groups is 1. The molecule has 0 aromatic heterocycles. The number of fused-ring (bicyclic) bond motifs is 5. The predicted molar refractivity (Wildman–Crippen MR) is 127 cm³/mol. The molecular formula is C26H38N2O5. The summed E-state index contributed by atoms with van der Waals surface area (Å²) in [7, 11) is 4.74. The molecular weight excluding hydrogens is 420 g/mol. The Kier molecular flexibility index (Phi) is 6.65. The van der Waals surface area contributed by atoms with Gasteiger partial charge in [-0.05, 0) is 50.7 Å². The zero-order valence-electron chi connectivity index (χ0n) is 20.8. The first kappa shape index (κ1) is 23.9. The summed E-state index contributed by atoms with van der Waals surface area (Å²) in [5, 5.41) is 3.87. The Hall–Kier alpha value is -2.25. The molecule has 0 aliphatic carbocycles. The molecule has 4 rings (SSSR count). The zero-order valence-corrected chi connectivity index (χ0v) is 20.8. The van der Waals surface area contributed by atoms with E-state index >= 15 is 0 Å². The molecule has 0 saturated carbocycles. The maximum Gasteiger partial charge on any atom is 0.337 e. The van der Waals surface area contributed by atoms with Crippen LogP contribution in [0.25, 0.3) is 0 Å². The van der Waals surface area contributed by atoms with E-state index in [1.54, 1.807) is 20.5 Å². The molecule has 1 aromatic carbocycles. The van der Waals surface area contributed by atoms with Gasteiger partial charge in [0.25, 0.3) is 0 Å². The van der Waals surface area contributed by atoms with E-state index in [4.69, 9.17) is 18.9 Å². The number of carbonyl (C=O) groups excluding carboxylic acids is 1. The molecule has 3 heterocycles. The van der Waals surface area contributed by atoms with Crippen molar-refractivity contribution in [3.05, 3.63) is 35.6 Å². The third-order valence-corrected chi connectivity index (χ3v) is 8.24. The van der Waals surface area contributed by atoms with Gasteiger partial charge in [-0.25, -0.2) is 4.79 Å². The number of rotatable bonds is 7. The summed E-state index contributed by atoms with van der Waals surface area (Å²) in [5.74, 6) is 0.947. The number of benzene rings is 1. The molecule has 2 saturated heterocycles. The smallest absolute Gasteiger partial charge is 0.337 e. The Morgan fingerprint density at radius 2 is 2.06 bits per heavy atom. The summed E-state index contributed by atoms with van der Waals surface area (Å²) < 4.78 is 23.0. The van der Waals surface area contributed by atoms with Crippen molar-refractivity contribution in [3.8, 4) is 5.75 Å². The van der Waals surface area contributed by atoms with Crippen molar-refractivity contribution >= 4 is 11.7 Å². The number of ether oxygens (including phenoxy) is 4. The van der Waals surface area contributed by atoms with Crippen LogP contribution in [0.1, 0.15) is 45.6 Å². The lowest BCUT2D eigenvalue weighted by Gasteiger charge is -2.59. The van der Waals surface area contributed by atoms with Crippen LogP contribution >= 0.6 is 0 Å². The quantitative estimate of drug-likeness (QED) is 0.377. The van der Waals surface area contributed by atoms with Crippen LogP contribution in [0.2, 0.25) is 0 Å². The van der Waals surface area contributed by atoms with E-state index < -0.39 is 5.60 Å². The van der Waals surface area contributed by atoms with Gasteiger partial charge in [0.1, 0.15) is 11.4 Å². The van der Waals surface area contributed by atoms with Crippen molar-refractivity contribution in [1.29, 1.82) is 0 Å². The Bertz CT molecular complexity index is 918. The van der Waals surface area contributed by atoms with Crippen LogP contribution < -0.4 is 10.1 Å². The van der Waals surface area contributed by atoms with Crippen LogP contribution in [0.4, 0.5) is 5.69 Å². The van der Waals surface area contributed by atoms with E-state index in [0.717, 1.165) is 49.4 Å². The van der Waals surface area contributed by atoms with Gasteiger partial charge in [0.2, 0.25) is 0 Å². The summed E-state index contributed by atoms with van der Waals surface area (Å²) in [6, 6.07) is 6.32. The molecule has 1 N–H and O–H groups in total. The number of hydrogen-bond acceptors (Lipinski definition) is 7. The van der Waals surface area contributed by atoms with Gasteiger partial charge in [0.05, 0.1) is 44.3 Å². The van der Waals surface area contributed by atoms with E-state index in [9.17, 15) is 4.79 Å². The number of methoxy groups -OCH3 is 3. The van der Waals surface area contributed by atoms with Crippen LogP contribution in [0.3, 0.4) is 0 Å². The summed E-state index contributed by atoms with van der Waals surface area (Å²) in [4.78, 5) is 15.3. The lowest BCUT2D eigenvalue weighted by Crippen LogP contribution is -2.71. The number of esters is 1. The van der Waals surface area contributed by atoms with Crippen LogP contribution in [-0.2, 0) is 24.6 Å². The monoisotopic (exact) mass is 458 g/mol. The summed E-state index contributed by atoms with van der Waals surface area (Å²) >= 11 is 0. The molecule has 7 nitrogen and oxygen atoms in total. The van der Waals surface area contributed by atoms with Crippen molar-refractivity contribution in [2.24, 2.45) is 11.8 Å². The summed E-state index contributed by atoms with van der Waals surface area (Å²) in [6.07, 6.45) is 4.26. The second kappa shape index (κ2) is 9.18. The molecule has 0 amide bonds. The molecule has 1 aromatic rings. The highest BCUT2D eigenvalue weighted by atomic mass is 16.5. The average molecular weight is 459 g/mol. The molecule has 3 aliphatic heterocycles. The van der Waals surface area contributed by atoms with Crippen molar-refractivity contribution in [2.75, 3.05) is 46.3 Å². The topological polar surface area (TPSA) is 69.3 Å². The van der Waals surface area contributed by atoms with E-state index in [0.29, 0.717) is 18.1 Å². The minimum atomic E-state index is -0.509. The lowest BCUT2D eigenvalue weighted by atomic mass is 9.63. The minimum absolute atomic E-state index is 0.0466. The average Bonchev–Trinajstić information content (AvgIpc) is 3.10. The second-order valence-electron chi connectivity index (χ2n) is 9.54. The molecule has 0 spiro atoms. The number of hydrogen-bond donors (Lipinski definition) is 1. The van der Waals surface area contributed by atoms with Gasteiger partial charge < -0.3 is 24.3 Å². The molecule has 182 valence electrons. The highest BCUT2D eigenvalue weighted by Gasteiger charge is 2.65. The molecule has 3 aliphatic rings. The van der Waals surface area contributed by atoms with Crippen molar-refractivity contribution in [1.82, 2.24) is 4.90 Å². The van der Waals surface area contributed by atoms with E-state index in [1.807, 2.05) is 12.1 Å². The van der Waals surface area contributed by atoms with Crippen LogP contribution in [0.15, 0.2) is 30.0 Å². The van der Waals surface area contributed by atoms with Crippen molar-refractivity contribution in [2.45, 2.75) is 57.2 Å². The third kappa shape index (κ3) is 3.51. The predicted octanol–water partition coefficient (Wildman–Crippen LogP) is 3.93. The molecule has 2 fully saturated rings. The highest BCUT2D eigenvalue weighted by Crippen LogP contribution is 2.60. The molecule has 0 radical (unpaired) electrons. The second-order valence-corrected chi connectivity index (χ2v) is 9.54. The van der Waals surface area contributed by atoms with Gasteiger partial charge in [-0.2, -0.15) is 0 Å². The Morgan fingerprint density at radius 3 is 2.70 bits per heavy atom. The normalized spacial score (nSPS) is 33.4. The number of anilines is 1. The molecule has 7 heteroatoms. The van der Waals surface area contributed by atoms with Crippen molar-refractivity contribution in [3.63, 3.8) is 0 Å². The van der Waals surface area contributed by atoms with E-state index in [-0.39, 0.29) is 23.5 Å². The lowest BCUT2D eigenvalue weighted by molar-refractivity contribution is -0.156. The largest absolute Gasteiger partial charge is 0.504 e. The van der Waals surface area contributed by atoms with E-state index in [2.05, 4.69) is 37.1 Å². The maximum absolute atomic E-state index is 12.7. The molecule has 0 unspecified atom stereocenters. The number of nitrogens with one attached hydrogen (secondary N) is 1. The fraction of sp³-hybridized carbons (Fsp3) is 0.654. The standard InChI is InChI=1S/C26H38N2O5/c1-7-17-15-28-13-12-26(33-8-2)23-20(10-9-11-21(23)31-5)27-25(26,3)22(28)14-18(17)19(16-30-4)24(29)32-6/h9-11,16-18,22,27H,7-8,12-15H2,1-6H3/b19-16+/t17-,18+,22+,25-,26+/m1/s1. The molecule has 5 atom stereocenters. The SMILES string of the molecule is CCO[C@]12CCN3C[C@@H](CC)[C@@H](/C(=C\OC)C(=O)OC)C[C@H]3[C@@]1(C)Nc1cccc(OC)c12. The first-order chi connectivity index (χ1) is 15.9. The molecule has 33 heavy (non-hydrogen) atoms. The highest BCUT2D eigenvalue weighted by molar-refractivity contribution is 5.88. The minimum Gasteiger partial charge on any atom is -0.504 e. The Balaban J connectivity index is 1.79. The zero-order chi connectivity index (χ0) is 23.8. The van der Waals surface area contributed by atoms with Gasteiger partial charge in [-0.3, -0.25) is 4.90 Å². The van der Waals surface area contributed by atoms with Gasteiger partial charge in [-0.1, -0.05) is 19.4 Å². The third-order valence-electron chi connectivity index (χ3n) is 8.24. The Morgan fingerprint density at radius 1 is 1.27 bits per heavy atom. The van der Waals surface area contributed by atoms with Crippen LogP contribution in [0.5, 0.6) is 5.75 Å². The maximum atomic E-state index is 12.7. The fourth-order valence-corrected chi connectivity index (χ4v) is 6.75. The van der Waals surface area contributed by atoms with Gasteiger partial charge in [-0.15, -0.1) is 0 Å². The van der Waals surface area contributed by atoms with Gasteiger partial charge in [0.15, 0.2) is 0 Å². The van der Waals surface area contributed by atoms with Crippen molar-refractivity contribution < 1.29 is 23.7 Å². The van der Waals surface area contributed by atoms with E-state index in [1.165, 1.54) is 7.11 Å². The first-order valence-corrected chi connectivity index (χ1v) is 12.1. The number of piperidine rings is 2.